The standard InChI is InChI=1S/C14H12ClF3N2O4/c15-10-4-8(1-2-9(10)13(23)24)19-12(22)7-3-11(21)20(5-7)6-14(16,17)18/h1-2,4,7H,3,5-6H2,(H,19,22)(H,23,24). The number of hydrogen-bond acceptors (Lipinski definition) is 3. The number of amides is 2. The summed E-state index contributed by atoms with van der Waals surface area (Å²) in [6.45, 7) is -1.72. The molecule has 0 aromatic heterocycles. The lowest BCUT2D eigenvalue weighted by Crippen LogP contribution is -2.36. The first-order valence-corrected chi connectivity index (χ1v) is 7.13. The number of anilines is 1. The van der Waals surface area contributed by atoms with Crippen LogP contribution >= 0.6 is 11.6 Å². The van der Waals surface area contributed by atoms with Crippen LogP contribution in [-0.4, -0.2) is 47.1 Å². The molecule has 0 spiro atoms. The number of carbonyl (C=O) groups is 3. The number of carboxylic acid groups (broad SMARTS) is 1. The van der Waals surface area contributed by atoms with Gasteiger partial charge < -0.3 is 15.3 Å². The fourth-order valence-electron chi connectivity index (χ4n) is 2.33. The number of likely N-dealkylation sites (tertiary alicyclic amines) is 1. The summed E-state index contributed by atoms with van der Waals surface area (Å²) in [4.78, 5) is 35.1. The summed E-state index contributed by atoms with van der Waals surface area (Å²) in [6.07, 6.45) is -4.84. The van der Waals surface area contributed by atoms with Gasteiger partial charge in [0, 0.05) is 18.7 Å². The highest BCUT2D eigenvalue weighted by molar-refractivity contribution is 6.33. The zero-order valence-electron chi connectivity index (χ0n) is 12.1. The first-order chi connectivity index (χ1) is 11.1. The Morgan fingerprint density at radius 3 is 2.58 bits per heavy atom. The number of nitrogens with zero attached hydrogens (tertiary/aromatic N) is 1. The summed E-state index contributed by atoms with van der Waals surface area (Å²) in [5.74, 6) is -3.53. The molecule has 1 aromatic rings. The Labute approximate surface area is 139 Å². The van der Waals surface area contributed by atoms with Crippen LogP contribution in [0.15, 0.2) is 18.2 Å². The molecule has 1 aliphatic rings. The summed E-state index contributed by atoms with van der Waals surface area (Å²) in [7, 11) is 0. The average molecular weight is 365 g/mol. The number of carbonyl (C=O) groups excluding carboxylic acids is 2. The molecule has 0 bridgehead atoms. The van der Waals surface area contributed by atoms with Crippen LogP contribution in [0.3, 0.4) is 0 Å². The number of hydrogen-bond donors (Lipinski definition) is 2. The molecule has 1 unspecified atom stereocenters. The van der Waals surface area contributed by atoms with E-state index in [1.807, 2.05) is 0 Å². The van der Waals surface area contributed by atoms with Gasteiger partial charge in [-0.1, -0.05) is 11.6 Å². The molecular weight excluding hydrogens is 353 g/mol. The SMILES string of the molecule is O=C(O)c1ccc(NC(=O)C2CC(=O)N(CC(F)(F)F)C2)cc1Cl. The minimum atomic E-state index is -4.53. The number of nitrogens with one attached hydrogen (secondary N) is 1. The van der Waals surface area contributed by atoms with Gasteiger partial charge in [0.25, 0.3) is 0 Å². The molecule has 10 heteroatoms. The summed E-state index contributed by atoms with van der Waals surface area (Å²) in [6, 6.07) is 3.71. The molecule has 24 heavy (non-hydrogen) atoms. The summed E-state index contributed by atoms with van der Waals surface area (Å²) >= 11 is 5.77. The van der Waals surface area contributed by atoms with Crippen molar-refractivity contribution in [1.82, 2.24) is 4.90 Å². The quantitative estimate of drug-likeness (QED) is 0.859. The van der Waals surface area contributed by atoms with Crippen LogP contribution in [-0.2, 0) is 9.59 Å². The Morgan fingerprint density at radius 1 is 1.38 bits per heavy atom. The van der Waals surface area contributed by atoms with Gasteiger partial charge >= 0.3 is 12.1 Å². The fraction of sp³-hybridized carbons (Fsp3) is 0.357. The number of halogens is 4. The van der Waals surface area contributed by atoms with E-state index in [2.05, 4.69) is 5.32 Å². The summed E-state index contributed by atoms with van der Waals surface area (Å²) < 4.78 is 37.0. The Morgan fingerprint density at radius 2 is 2.04 bits per heavy atom. The van der Waals surface area contributed by atoms with E-state index in [-0.39, 0.29) is 29.2 Å². The highest BCUT2D eigenvalue weighted by Gasteiger charge is 2.40. The van der Waals surface area contributed by atoms with Crippen LogP contribution in [0.4, 0.5) is 18.9 Å². The molecule has 1 saturated heterocycles. The lowest BCUT2D eigenvalue weighted by atomic mass is 10.1. The van der Waals surface area contributed by atoms with Gasteiger partial charge in [-0.05, 0) is 18.2 Å². The highest BCUT2D eigenvalue weighted by atomic mass is 35.5. The molecule has 0 radical (unpaired) electrons. The van der Waals surface area contributed by atoms with Crippen LogP contribution < -0.4 is 5.32 Å². The van der Waals surface area contributed by atoms with E-state index in [0.717, 1.165) is 0 Å². The molecule has 6 nitrogen and oxygen atoms in total. The van der Waals surface area contributed by atoms with Crippen LogP contribution in [0.25, 0.3) is 0 Å². The molecule has 2 N–H and O–H groups in total. The molecule has 0 aliphatic carbocycles. The van der Waals surface area contributed by atoms with Crippen LogP contribution in [0.1, 0.15) is 16.8 Å². The van der Waals surface area contributed by atoms with E-state index >= 15 is 0 Å². The van der Waals surface area contributed by atoms with Crippen molar-refractivity contribution in [2.45, 2.75) is 12.6 Å². The lowest BCUT2D eigenvalue weighted by molar-refractivity contribution is -0.157. The third kappa shape index (κ3) is 4.38. The molecule has 2 amide bonds. The second kappa shape index (κ2) is 6.68. The molecule has 1 heterocycles. The predicted octanol–water partition coefficient (Wildman–Crippen LogP) is 2.39. The minimum absolute atomic E-state index is 0.0958. The molecule has 1 atom stereocenters. The molecule has 0 saturated carbocycles. The lowest BCUT2D eigenvalue weighted by Gasteiger charge is -2.18. The highest BCUT2D eigenvalue weighted by Crippen LogP contribution is 2.26. The van der Waals surface area contributed by atoms with Crippen LogP contribution in [0, 0.1) is 5.92 Å². The molecule has 130 valence electrons. The van der Waals surface area contributed by atoms with Crippen molar-refractivity contribution in [3.63, 3.8) is 0 Å². The number of aromatic carboxylic acids is 1. The van der Waals surface area contributed by atoms with E-state index < -0.39 is 36.4 Å². The van der Waals surface area contributed by atoms with Gasteiger partial charge in [0.1, 0.15) is 6.54 Å². The number of alkyl halides is 3. The molecule has 1 aliphatic heterocycles. The van der Waals surface area contributed by atoms with Crippen molar-refractivity contribution in [2.75, 3.05) is 18.4 Å². The molecule has 1 fully saturated rings. The average Bonchev–Trinajstić information content (AvgIpc) is 2.78. The van der Waals surface area contributed by atoms with Gasteiger partial charge in [0.2, 0.25) is 11.8 Å². The zero-order valence-corrected chi connectivity index (χ0v) is 12.8. The number of carboxylic acids is 1. The van der Waals surface area contributed by atoms with Crippen molar-refractivity contribution in [3.05, 3.63) is 28.8 Å². The van der Waals surface area contributed by atoms with Gasteiger partial charge in [-0.2, -0.15) is 13.2 Å². The Hall–Kier alpha value is -2.29. The Kier molecular flexibility index (Phi) is 5.02. The number of rotatable bonds is 4. The van der Waals surface area contributed by atoms with E-state index in [4.69, 9.17) is 16.7 Å². The van der Waals surface area contributed by atoms with Crippen LogP contribution in [0.5, 0.6) is 0 Å². The van der Waals surface area contributed by atoms with Crippen molar-refractivity contribution in [3.8, 4) is 0 Å². The predicted molar refractivity (Wildman–Crippen MR) is 77.8 cm³/mol. The molecule has 2 rings (SSSR count). The monoisotopic (exact) mass is 364 g/mol. The first-order valence-electron chi connectivity index (χ1n) is 6.75. The second-order valence-corrected chi connectivity index (χ2v) is 5.69. The Bertz CT molecular complexity index is 693. The van der Waals surface area contributed by atoms with Gasteiger partial charge in [0.05, 0.1) is 16.5 Å². The smallest absolute Gasteiger partial charge is 0.406 e. The largest absolute Gasteiger partial charge is 0.478 e. The van der Waals surface area contributed by atoms with E-state index in [1.54, 1.807) is 0 Å². The van der Waals surface area contributed by atoms with Crippen molar-refractivity contribution >= 4 is 35.1 Å². The summed E-state index contributed by atoms with van der Waals surface area (Å²) in [5, 5.41) is 11.2. The maximum Gasteiger partial charge on any atom is 0.406 e. The van der Waals surface area contributed by atoms with Crippen molar-refractivity contribution in [1.29, 1.82) is 0 Å². The van der Waals surface area contributed by atoms with Gasteiger partial charge in [-0.15, -0.1) is 0 Å². The fourth-order valence-corrected chi connectivity index (χ4v) is 2.59. The third-order valence-electron chi connectivity index (χ3n) is 3.42. The van der Waals surface area contributed by atoms with Gasteiger partial charge in [0.15, 0.2) is 0 Å². The minimum Gasteiger partial charge on any atom is -0.478 e. The van der Waals surface area contributed by atoms with E-state index in [1.165, 1.54) is 18.2 Å². The number of benzene rings is 1. The van der Waals surface area contributed by atoms with E-state index in [0.29, 0.717) is 4.90 Å². The van der Waals surface area contributed by atoms with E-state index in [9.17, 15) is 27.6 Å². The first kappa shape index (κ1) is 18.1. The van der Waals surface area contributed by atoms with Crippen molar-refractivity contribution in [2.24, 2.45) is 5.92 Å². The summed E-state index contributed by atoms with van der Waals surface area (Å²) in [5.41, 5.74) is 0.0405. The second-order valence-electron chi connectivity index (χ2n) is 5.28. The normalized spacial score (nSPS) is 17.9. The molecule has 1 aromatic carbocycles. The van der Waals surface area contributed by atoms with Crippen molar-refractivity contribution < 1.29 is 32.7 Å². The molecular formula is C14H12ClF3N2O4. The topological polar surface area (TPSA) is 86.7 Å². The van der Waals surface area contributed by atoms with Gasteiger partial charge in [-0.3, -0.25) is 9.59 Å². The third-order valence-corrected chi connectivity index (χ3v) is 3.74. The zero-order chi connectivity index (χ0) is 18.1. The van der Waals surface area contributed by atoms with Gasteiger partial charge in [-0.25, -0.2) is 4.79 Å². The Balaban J connectivity index is 2.02. The maximum atomic E-state index is 12.3. The van der Waals surface area contributed by atoms with Crippen LogP contribution in [0.2, 0.25) is 5.02 Å². The maximum absolute atomic E-state index is 12.3.